The van der Waals surface area contributed by atoms with Crippen LogP contribution in [0.1, 0.15) is 23.2 Å². The van der Waals surface area contributed by atoms with Crippen molar-refractivity contribution in [3.05, 3.63) is 54.1 Å². The molecule has 1 N–H and O–H groups in total. The highest BCUT2D eigenvalue weighted by molar-refractivity contribution is 5.94. The summed E-state index contributed by atoms with van der Waals surface area (Å²) in [7, 11) is 1.61. The first kappa shape index (κ1) is 16.4. The number of hydrogen-bond acceptors (Lipinski definition) is 5. The Morgan fingerprint density at radius 3 is 2.85 bits per heavy atom. The molecule has 0 spiro atoms. The molecule has 0 bridgehead atoms. The highest BCUT2D eigenvalue weighted by atomic mass is 16.5. The molecule has 1 saturated heterocycles. The quantitative estimate of drug-likeness (QED) is 0.764. The maximum Gasteiger partial charge on any atom is 0.298 e. The molecule has 2 heterocycles. The Bertz CT molecular complexity index is 871. The van der Waals surface area contributed by atoms with Gasteiger partial charge in [0.25, 0.3) is 11.9 Å². The number of hydrogen-bond donors (Lipinski definition) is 1. The third-order valence-corrected chi connectivity index (χ3v) is 4.76. The number of benzene rings is 2. The van der Waals surface area contributed by atoms with Crippen LogP contribution >= 0.6 is 0 Å². The fourth-order valence-corrected chi connectivity index (χ4v) is 3.34. The lowest BCUT2D eigenvalue weighted by Crippen LogP contribution is -2.40. The number of rotatable bonds is 5. The molecule has 0 radical (unpaired) electrons. The Labute approximate surface area is 151 Å². The number of aromatic nitrogens is 1. The molecule has 1 fully saturated rings. The Morgan fingerprint density at radius 2 is 2.08 bits per heavy atom. The molecule has 1 amide bonds. The van der Waals surface area contributed by atoms with E-state index in [4.69, 9.17) is 9.15 Å². The Morgan fingerprint density at radius 1 is 1.27 bits per heavy atom. The van der Waals surface area contributed by atoms with Crippen LogP contribution in [0.25, 0.3) is 11.1 Å². The number of nitrogens with one attached hydrogen (secondary N) is 1. The first-order chi connectivity index (χ1) is 12.7. The number of para-hydroxylation sites is 2. The molecule has 6 heteroatoms. The average molecular weight is 351 g/mol. The molecular weight excluding hydrogens is 330 g/mol. The van der Waals surface area contributed by atoms with Crippen LogP contribution in [0.3, 0.4) is 0 Å². The molecule has 1 aromatic heterocycles. The van der Waals surface area contributed by atoms with Gasteiger partial charge in [0.1, 0.15) is 11.3 Å². The van der Waals surface area contributed by atoms with Crippen molar-refractivity contribution in [2.24, 2.45) is 0 Å². The van der Waals surface area contributed by atoms with E-state index in [1.807, 2.05) is 24.3 Å². The molecule has 134 valence electrons. The molecule has 1 aliphatic heterocycles. The lowest BCUT2D eigenvalue weighted by Gasteiger charge is -2.23. The van der Waals surface area contributed by atoms with E-state index < -0.39 is 0 Å². The van der Waals surface area contributed by atoms with Crippen LogP contribution in [-0.4, -0.2) is 37.1 Å². The van der Waals surface area contributed by atoms with Gasteiger partial charge in [-0.15, -0.1) is 0 Å². The van der Waals surface area contributed by atoms with E-state index in [9.17, 15) is 4.79 Å². The normalized spacial score (nSPS) is 16.8. The zero-order valence-corrected chi connectivity index (χ0v) is 14.6. The average Bonchev–Trinajstić information content (AvgIpc) is 3.32. The van der Waals surface area contributed by atoms with Crippen LogP contribution < -0.4 is 15.0 Å². The number of fused-ring (bicyclic) bond motifs is 1. The summed E-state index contributed by atoms with van der Waals surface area (Å²) in [5, 5.41) is 3.02. The van der Waals surface area contributed by atoms with Gasteiger partial charge in [-0.1, -0.05) is 12.1 Å². The third-order valence-electron chi connectivity index (χ3n) is 4.76. The summed E-state index contributed by atoms with van der Waals surface area (Å²) in [5.74, 6) is 0.650. The van der Waals surface area contributed by atoms with E-state index in [0.29, 0.717) is 18.1 Å². The van der Waals surface area contributed by atoms with Gasteiger partial charge >= 0.3 is 0 Å². The number of methoxy groups -OCH3 is 1. The molecule has 1 unspecified atom stereocenters. The summed E-state index contributed by atoms with van der Waals surface area (Å²) >= 11 is 0. The Kier molecular flexibility index (Phi) is 4.48. The van der Waals surface area contributed by atoms with Crippen LogP contribution in [-0.2, 0) is 0 Å². The van der Waals surface area contributed by atoms with E-state index in [1.165, 1.54) is 0 Å². The number of carbonyl (C=O) groups is 1. The van der Waals surface area contributed by atoms with Gasteiger partial charge in [-0.3, -0.25) is 4.79 Å². The van der Waals surface area contributed by atoms with Crippen LogP contribution in [0.2, 0.25) is 0 Å². The molecule has 2 aromatic carbocycles. The summed E-state index contributed by atoms with van der Waals surface area (Å²) in [6, 6.07) is 15.7. The van der Waals surface area contributed by atoms with Crippen LogP contribution in [0.5, 0.6) is 5.75 Å². The van der Waals surface area contributed by atoms with Gasteiger partial charge < -0.3 is 19.4 Å². The first-order valence-electron chi connectivity index (χ1n) is 8.79. The topological polar surface area (TPSA) is 67.6 Å². The summed E-state index contributed by atoms with van der Waals surface area (Å²) in [5.41, 5.74) is 2.27. The van der Waals surface area contributed by atoms with Crippen molar-refractivity contribution in [1.82, 2.24) is 10.3 Å². The molecular formula is C20H21N3O3. The summed E-state index contributed by atoms with van der Waals surface area (Å²) in [6.07, 6.45) is 2.06. The Hall–Kier alpha value is -3.02. The van der Waals surface area contributed by atoms with Gasteiger partial charge in [0.15, 0.2) is 5.58 Å². The number of oxazole rings is 1. The lowest BCUT2D eigenvalue weighted by atomic mass is 10.2. The van der Waals surface area contributed by atoms with Crippen molar-refractivity contribution >= 4 is 23.0 Å². The monoisotopic (exact) mass is 351 g/mol. The highest BCUT2D eigenvalue weighted by Crippen LogP contribution is 2.28. The van der Waals surface area contributed by atoms with Crippen molar-refractivity contribution in [3.8, 4) is 5.75 Å². The summed E-state index contributed by atoms with van der Waals surface area (Å²) in [4.78, 5) is 19.1. The van der Waals surface area contributed by atoms with E-state index >= 15 is 0 Å². The standard InChI is InChI=1S/C20H21N3O3/c1-25-16-10-8-14(9-11-16)19(24)21-13-15-5-4-12-23(15)20-22-17-6-2-3-7-18(17)26-20/h2-3,6-11,15H,4-5,12-13H2,1H3,(H,21,24). The predicted octanol–water partition coefficient (Wildman–Crippen LogP) is 3.24. The maximum atomic E-state index is 12.4. The Balaban J connectivity index is 1.42. The molecule has 26 heavy (non-hydrogen) atoms. The number of anilines is 1. The van der Waals surface area contributed by atoms with E-state index in [2.05, 4.69) is 15.2 Å². The SMILES string of the molecule is COc1ccc(C(=O)NCC2CCCN2c2nc3ccccc3o2)cc1. The second kappa shape index (κ2) is 7.07. The lowest BCUT2D eigenvalue weighted by molar-refractivity contribution is 0.0951. The minimum atomic E-state index is -0.0860. The first-order valence-corrected chi connectivity index (χ1v) is 8.79. The second-order valence-corrected chi connectivity index (χ2v) is 6.39. The molecule has 0 saturated carbocycles. The fraction of sp³-hybridized carbons (Fsp3) is 0.300. The summed E-state index contributed by atoms with van der Waals surface area (Å²) in [6.45, 7) is 1.44. The predicted molar refractivity (Wildman–Crippen MR) is 99.7 cm³/mol. The molecule has 4 rings (SSSR count). The minimum Gasteiger partial charge on any atom is -0.497 e. The van der Waals surface area contributed by atoms with Gasteiger partial charge in [0, 0.05) is 18.7 Å². The van der Waals surface area contributed by atoms with Crippen LogP contribution in [0, 0.1) is 0 Å². The van der Waals surface area contributed by atoms with Gasteiger partial charge in [-0.2, -0.15) is 4.98 Å². The molecule has 6 nitrogen and oxygen atoms in total. The molecule has 0 aliphatic carbocycles. The number of nitrogens with zero attached hydrogens (tertiary/aromatic N) is 2. The van der Waals surface area contributed by atoms with Crippen molar-refractivity contribution in [2.45, 2.75) is 18.9 Å². The van der Waals surface area contributed by atoms with Gasteiger partial charge in [0.2, 0.25) is 0 Å². The van der Waals surface area contributed by atoms with Crippen molar-refractivity contribution in [3.63, 3.8) is 0 Å². The molecule has 1 atom stereocenters. The zero-order chi connectivity index (χ0) is 17.9. The van der Waals surface area contributed by atoms with Gasteiger partial charge in [0.05, 0.1) is 13.2 Å². The number of ether oxygens (including phenoxy) is 1. The smallest absolute Gasteiger partial charge is 0.298 e. The van der Waals surface area contributed by atoms with Crippen LogP contribution in [0.15, 0.2) is 52.9 Å². The minimum absolute atomic E-state index is 0.0860. The van der Waals surface area contributed by atoms with Crippen molar-refractivity contribution < 1.29 is 13.9 Å². The van der Waals surface area contributed by atoms with E-state index in [1.54, 1.807) is 31.4 Å². The van der Waals surface area contributed by atoms with E-state index in [-0.39, 0.29) is 11.9 Å². The second-order valence-electron chi connectivity index (χ2n) is 6.39. The van der Waals surface area contributed by atoms with Crippen molar-refractivity contribution in [1.29, 1.82) is 0 Å². The third kappa shape index (κ3) is 3.22. The summed E-state index contributed by atoms with van der Waals surface area (Å²) < 4.78 is 11.0. The number of amides is 1. The fourth-order valence-electron chi connectivity index (χ4n) is 3.34. The van der Waals surface area contributed by atoms with Crippen LogP contribution in [0.4, 0.5) is 6.01 Å². The maximum absolute atomic E-state index is 12.4. The van der Waals surface area contributed by atoms with Crippen molar-refractivity contribution in [2.75, 3.05) is 25.1 Å². The molecule has 1 aliphatic rings. The van der Waals surface area contributed by atoms with Gasteiger partial charge in [-0.05, 0) is 49.2 Å². The van der Waals surface area contributed by atoms with Gasteiger partial charge in [-0.25, -0.2) is 0 Å². The zero-order valence-electron chi connectivity index (χ0n) is 14.6. The largest absolute Gasteiger partial charge is 0.497 e. The number of carbonyl (C=O) groups excluding carboxylic acids is 1. The van der Waals surface area contributed by atoms with E-state index in [0.717, 1.165) is 36.2 Å². The highest BCUT2D eigenvalue weighted by Gasteiger charge is 2.28. The molecule has 3 aromatic rings.